The summed E-state index contributed by atoms with van der Waals surface area (Å²) < 4.78 is 0. The first-order valence-corrected chi connectivity index (χ1v) is 7.66. The first-order valence-electron chi connectivity index (χ1n) is 7.66. The fourth-order valence-electron chi connectivity index (χ4n) is 3.33. The highest BCUT2D eigenvalue weighted by atomic mass is 15.2. The number of hydrogen-bond acceptors (Lipinski definition) is 3. The molecule has 3 heteroatoms. The molecule has 2 N–H and O–H groups in total. The van der Waals surface area contributed by atoms with Crippen molar-refractivity contribution in [2.75, 3.05) is 19.6 Å². The number of nitrogens with zero attached hydrogens (tertiary/aromatic N) is 2. The van der Waals surface area contributed by atoms with Gasteiger partial charge in [-0.05, 0) is 37.9 Å². The molecule has 0 bridgehead atoms. The summed E-state index contributed by atoms with van der Waals surface area (Å²) in [7, 11) is 0. The number of nitrogens with two attached hydrogens (primary N) is 1. The van der Waals surface area contributed by atoms with E-state index in [-0.39, 0.29) is 5.54 Å². The lowest BCUT2D eigenvalue weighted by Gasteiger charge is -2.40. The Bertz CT molecular complexity index is 358. The molecular formula is C16H27N3. The van der Waals surface area contributed by atoms with Crippen molar-refractivity contribution < 1.29 is 0 Å². The van der Waals surface area contributed by atoms with Crippen molar-refractivity contribution in [3.05, 3.63) is 30.1 Å². The van der Waals surface area contributed by atoms with Gasteiger partial charge in [-0.25, -0.2) is 0 Å². The highest BCUT2D eigenvalue weighted by Crippen LogP contribution is 2.34. The Morgan fingerprint density at radius 1 is 1.26 bits per heavy atom. The van der Waals surface area contributed by atoms with Gasteiger partial charge in [0.25, 0.3) is 0 Å². The number of aromatic nitrogens is 1. The fourth-order valence-corrected chi connectivity index (χ4v) is 3.33. The summed E-state index contributed by atoms with van der Waals surface area (Å²) in [4.78, 5) is 7.06. The number of pyridine rings is 1. The van der Waals surface area contributed by atoms with Crippen molar-refractivity contribution in [3.8, 4) is 0 Å². The monoisotopic (exact) mass is 261 g/mol. The highest BCUT2D eigenvalue weighted by Gasteiger charge is 2.37. The largest absolute Gasteiger partial charge is 0.329 e. The Balaban J connectivity index is 1.99. The lowest BCUT2D eigenvalue weighted by molar-refractivity contribution is 0.0997. The molecule has 0 amide bonds. The maximum Gasteiger partial charge on any atom is 0.0416 e. The predicted octanol–water partition coefficient (Wildman–Crippen LogP) is 2.61. The Hall–Kier alpha value is -0.930. The zero-order valence-electron chi connectivity index (χ0n) is 12.1. The summed E-state index contributed by atoms with van der Waals surface area (Å²) in [6.45, 7) is 5.30. The number of hydrogen-bond donors (Lipinski definition) is 1. The summed E-state index contributed by atoms with van der Waals surface area (Å²) >= 11 is 0. The van der Waals surface area contributed by atoms with Crippen molar-refractivity contribution in [3.63, 3.8) is 0 Å². The normalized spacial score (nSPS) is 18.1. The molecule has 1 fully saturated rings. The molecule has 1 aliphatic carbocycles. The molecule has 1 heterocycles. The van der Waals surface area contributed by atoms with Gasteiger partial charge in [0.15, 0.2) is 0 Å². The molecule has 1 aromatic rings. The molecule has 0 saturated heterocycles. The molecule has 0 radical (unpaired) electrons. The molecule has 0 atom stereocenters. The Morgan fingerprint density at radius 3 is 2.63 bits per heavy atom. The standard InChI is InChI=1S/C16H27N3/c1-2-12-19(16(14-17)9-4-5-10-16)13-8-15-7-3-6-11-18-15/h3,6-7,11H,2,4-5,8-10,12-14,17H2,1H3. The van der Waals surface area contributed by atoms with E-state index in [9.17, 15) is 0 Å². The predicted molar refractivity (Wildman–Crippen MR) is 80.1 cm³/mol. The third-order valence-corrected chi connectivity index (χ3v) is 4.44. The summed E-state index contributed by atoms with van der Waals surface area (Å²) in [6.07, 6.45) is 9.32. The minimum absolute atomic E-state index is 0.269. The molecule has 1 aromatic heterocycles. The van der Waals surface area contributed by atoms with E-state index in [0.717, 1.165) is 26.1 Å². The third kappa shape index (κ3) is 3.54. The average Bonchev–Trinajstić information content (AvgIpc) is 2.94. The molecule has 1 aliphatic rings. The molecule has 106 valence electrons. The fraction of sp³-hybridized carbons (Fsp3) is 0.688. The smallest absolute Gasteiger partial charge is 0.0416 e. The van der Waals surface area contributed by atoms with E-state index in [4.69, 9.17) is 5.73 Å². The van der Waals surface area contributed by atoms with E-state index >= 15 is 0 Å². The van der Waals surface area contributed by atoms with Crippen LogP contribution in [0.1, 0.15) is 44.7 Å². The highest BCUT2D eigenvalue weighted by molar-refractivity contribution is 5.05. The summed E-state index contributed by atoms with van der Waals surface area (Å²) in [6, 6.07) is 6.17. The van der Waals surface area contributed by atoms with Crippen molar-refractivity contribution in [1.82, 2.24) is 9.88 Å². The van der Waals surface area contributed by atoms with Crippen molar-refractivity contribution in [1.29, 1.82) is 0 Å². The van der Waals surface area contributed by atoms with Crippen LogP contribution < -0.4 is 5.73 Å². The summed E-state index contributed by atoms with van der Waals surface area (Å²) in [5.74, 6) is 0. The Morgan fingerprint density at radius 2 is 2.05 bits per heavy atom. The van der Waals surface area contributed by atoms with Crippen molar-refractivity contribution in [2.24, 2.45) is 5.73 Å². The molecule has 3 nitrogen and oxygen atoms in total. The van der Waals surface area contributed by atoms with Crippen molar-refractivity contribution >= 4 is 0 Å². The quantitative estimate of drug-likeness (QED) is 0.820. The lowest BCUT2D eigenvalue weighted by atomic mass is 9.94. The van der Waals surface area contributed by atoms with E-state index in [1.807, 2.05) is 12.3 Å². The van der Waals surface area contributed by atoms with Gasteiger partial charge >= 0.3 is 0 Å². The van der Waals surface area contributed by atoms with Crippen LogP contribution in [0, 0.1) is 0 Å². The zero-order chi connectivity index (χ0) is 13.6. The van der Waals surface area contributed by atoms with Crippen LogP contribution in [-0.2, 0) is 6.42 Å². The lowest BCUT2D eigenvalue weighted by Crippen LogP contribution is -2.53. The molecule has 0 unspecified atom stereocenters. The zero-order valence-corrected chi connectivity index (χ0v) is 12.1. The Labute approximate surface area is 117 Å². The second-order valence-corrected chi connectivity index (χ2v) is 5.69. The van der Waals surface area contributed by atoms with Gasteiger partial charge in [-0.15, -0.1) is 0 Å². The minimum atomic E-state index is 0.269. The van der Waals surface area contributed by atoms with E-state index < -0.39 is 0 Å². The van der Waals surface area contributed by atoms with Crippen LogP contribution in [-0.4, -0.2) is 35.1 Å². The first kappa shape index (κ1) is 14.5. The second kappa shape index (κ2) is 7.01. The third-order valence-electron chi connectivity index (χ3n) is 4.44. The van der Waals surface area contributed by atoms with Gasteiger partial charge in [-0.2, -0.15) is 0 Å². The average molecular weight is 261 g/mol. The van der Waals surface area contributed by atoms with Gasteiger partial charge in [0.2, 0.25) is 0 Å². The van der Waals surface area contributed by atoms with Crippen LogP contribution in [0.4, 0.5) is 0 Å². The molecule has 2 rings (SSSR count). The van der Waals surface area contributed by atoms with E-state index in [2.05, 4.69) is 28.9 Å². The van der Waals surface area contributed by atoms with Gasteiger partial charge in [0, 0.05) is 36.9 Å². The maximum absolute atomic E-state index is 6.11. The van der Waals surface area contributed by atoms with Gasteiger partial charge in [0.1, 0.15) is 0 Å². The molecule has 0 aromatic carbocycles. The SMILES string of the molecule is CCCN(CCc1ccccn1)C1(CN)CCCC1. The summed E-state index contributed by atoms with van der Waals surface area (Å²) in [5.41, 5.74) is 7.57. The van der Waals surface area contributed by atoms with Crippen LogP contribution in [0.25, 0.3) is 0 Å². The van der Waals surface area contributed by atoms with Gasteiger partial charge < -0.3 is 5.73 Å². The first-order chi connectivity index (χ1) is 9.30. The van der Waals surface area contributed by atoms with E-state index in [0.29, 0.717) is 0 Å². The molecule has 0 aliphatic heterocycles. The summed E-state index contributed by atoms with van der Waals surface area (Å²) in [5, 5.41) is 0. The van der Waals surface area contributed by atoms with Gasteiger partial charge in [0.05, 0.1) is 0 Å². The molecular weight excluding hydrogens is 234 g/mol. The number of rotatable bonds is 7. The van der Waals surface area contributed by atoms with Crippen LogP contribution >= 0.6 is 0 Å². The van der Waals surface area contributed by atoms with Crippen LogP contribution in [0.15, 0.2) is 24.4 Å². The topological polar surface area (TPSA) is 42.2 Å². The molecule has 0 spiro atoms. The van der Waals surface area contributed by atoms with Gasteiger partial charge in [-0.1, -0.05) is 25.8 Å². The molecule has 19 heavy (non-hydrogen) atoms. The van der Waals surface area contributed by atoms with Crippen molar-refractivity contribution in [2.45, 2.75) is 51.0 Å². The van der Waals surface area contributed by atoms with Crippen LogP contribution in [0.2, 0.25) is 0 Å². The van der Waals surface area contributed by atoms with Crippen LogP contribution in [0.3, 0.4) is 0 Å². The van der Waals surface area contributed by atoms with E-state index in [1.165, 1.54) is 37.8 Å². The van der Waals surface area contributed by atoms with Crippen LogP contribution in [0.5, 0.6) is 0 Å². The Kier molecular flexibility index (Phi) is 5.34. The maximum atomic E-state index is 6.11. The molecule has 1 saturated carbocycles. The second-order valence-electron chi connectivity index (χ2n) is 5.69. The van der Waals surface area contributed by atoms with Gasteiger partial charge in [-0.3, -0.25) is 9.88 Å². The minimum Gasteiger partial charge on any atom is -0.329 e. The van der Waals surface area contributed by atoms with E-state index in [1.54, 1.807) is 0 Å².